The third kappa shape index (κ3) is 4.47. The van der Waals surface area contributed by atoms with E-state index in [1.807, 2.05) is 37.4 Å². The SMILES string of the molecule is Cc1ccc(C)c(NC(=O)Cc2nc(CCl)cs2)c1.Cl. The molecule has 0 atom stereocenters. The fourth-order valence-electron chi connectivity index (χ4n) is 1.69. The van der Waals surface area contributed by atoms with Gasteiger partial charge < -0.3 is 5.32 Å². The highest BCUT2D eigenvalue weighted by atomic mass is 35.5. The van der Waals surface area contributed by atoms with Gasteiger partial charge in [-0.05, 0) is 31.0 Å². The van der Waals surface area contributed by atoms with Crippen LogP contribution in [0.5, 0.6) is 0 Å². The molecule has 20 heavy (non-hydrogen) atoms. The van der Waals surface area contributed by atoms with Gasteiger partial charge in [0.05, 0.1) is 18.0 Å². The Labute approximate surface area is 133 Å². The molecule has 3 nitrogen and oxygen atoms in total. The Morgan fingerprint density at radius 2 is 2.15 bits per heavy atom. The number of benzene rings is 1. The number of alkyl halides is 1. The summed E-state index contributed by atoms with van der Waals surface area (Å²) in [6.45, 7) is 3.98. The van der Waals surface area contributed by atoms with Crippen molar-refractivity contribution in [3.05, 3.63) is 45.4 Å². The highest BCUT2D eigenvalue weighted by Crippen LogP contribution is 2.17. The van der Waals surface area contributed by atoms with Gasteiger partial charge in [0.15, 0.2) is 0 Å². The van der Waals surface area contributed by atoms with Crippen LogP contribution in [0.25, 0.3) is 0 Å². The standard InChI is InChI=1S/C14H15ClN2OS.ClH/c1-9-3-4-10(2)12(5-9)17-13(18)6-14-16-11(7-15)8-19-14;/h3-5,8H,6-7H2,1-2H3,(H,17,18);1H. The van der Waals surface area contributed by atoms with Gasteiger partial charge in [0.25, 0.3) is 0 Å². The number of nitrogens with one attached hydrogen (secondary N) is 1. The van der Waals surface area contributed by atoms with Crippen molar-refractivity contribution in [1.29, 1.82) is 0 Å². The summed E-state index contributed by atoms with van der Waals surface area (Å²) < 4.78 is 0. The quantitative estimate of drug-likeness (QED) is 0.857. The number of aromatic nitrogens is 1. The van der Waals surface area contributed by atoms with E-state index in [4.69, 9.17) is 11.6 Å². The number of amides is 1. The van der Waals surface area contributed by atoms with Crippen molar-refractivity contribution in [2.24, 2.45) is 0 Å². The summed E-state index contributed by atoms with van der Waals surface area (Å²) in [6.07, 6.45) is 0.287. The van der Waals surface area contributed by atoms with Crippen LogP contribution in [0.3, 0.4) is 0 Å². The Morgan fingerprint density at radius 3 is 2.80 bits per heavy atom. The van der Waals surface area contributed by atoms with Crippen LogP contribution >= 0.6 is 35.3 Å². The number of halogens is 2. The van der Waals surface area contributed by atoms with Gasteiger partial charge in [-0.2, -0.15) is 0 Å². The Bertz CT molecular complexity index is 599. The number of carbonyl (C=O) groups excluding carboxylic acids is 1. The number of rotatable bonds is 4. The van der Waals surface area contributed by atoms with Crippen molar-refractivity contribution >= 4 is 46.9 Å². The van der Waals surface area contributed by atoms with Crippen molar-refractivity contribution in [2.45, 2.75) is 26.1 Å². The number of hydrogen-bond acceptors (Lipinski definition) is 3. The summed E-state index contributed by atoms with van der Waals surface area (Å²) in [5.74, 6) is 0.332. The molecular formula is C14H16Cl2N2OS. The van der Waals surface area contributed by atoms with Gasteiger partial charge >= 0.3 is 0 Å². The molecule has 2 aromatic rings. The number of nitrogens with zero attached hydrogens (tertiary/aromatic N) is 1. The summed E-state index contributed by atoms with van der Waals surface area (Å²) in [4.78, 5) is 16.2. The summed E-state index contributed by atoms with van der Waals surface area (Å²) >= 11 is 7.15. The molecule has 108 valence electrons. The first-order chi connectivity index (χ1) is 9.08. The summed E-state index contributed by atoms with van der Waals surface area (Å²) in [7, 11) is 0. The van der Waals surface area contributed by atoms with Crippen molar-refractivity contribution in [3.63, 3.8) is 0 Å². The second-order valence-corrected chi connectivity index (χ2v) is 5.62. The summed E-state index contributed by atoms with van der Waals surface area (Å²) in [6, 6.07) is 6.00. The fraction of sp³-hybridized carbons (Fsp3) is 0.286. The van der Waals surface area contributed by atoms with Gasteiger partial charge in [0.2, 0.25) is 5.91 Å². The second-order valence-electron chi connectivity index (χ2n) is 4.41. The van der Waals surface area contributed by atoms with Crippen molar-refractivity contribution in [3.8, 4) is 0 Å². The van der Waals surface area contributed by atoms with E-state index in [0.717, 1.165) is 27.5 Å². The van der Waals surface area contributed by atoms with E-state index < -0.39 is 0 Å². The largest absolute Gasteiger partial charge is 0.325 e. The van der Waals surface area contributed by atoms with Gasteiger partial charge in [-0.1, -0.05) is 12.1 Å². The highest BCUT2D eigenvalue weighted by molar-refractivity contribution is 7.09. The van der Waals surface area contributed by atoms with Crippen LogP contribution in [-0.2, 0) is 17.1 Å². The smallest absolute Gasteiger partial charge is 0.231 e. The molecule has 6 heteroatoms. The molecule has 2 rings (SSSR count). The van der Waals surface area contributed by atoms with Crippen LogP contribution in [0.15, 0.2) is 23.6 Å². The molecule has 0 saturated carbocycles. The maximum atomic E-state index is 12.0. The molecule has 1 N–H and O–H groups in total. The fourth-order valence-corrected chi connectivity index (χ4v) is 2.71. The Balaban J connectivity index is 0.00000200. The molecule has 0 fully saturated rings. The Morgan fingerprint density at radius 1 is 1.40 bits per heavy atom. The molecule has 1 amide bonds. The first-order valence-corrected chi connectivity index (χ1v) is 7.36. The van der Waals surface area contributed by atoms with E-state index in [9.17, 15) is 4.79 Å². The van der Waals surface area contributed by atoms with Crippen molar-refractivity contribution in [2.75, 3.05) is 5.32 Å². The molecule has 0 saturated heterocycles. The minimum absolute atomic E-state index is 0. The van der Waals surface area contributed by atoms with E-state index in [2.05, 4.69) is 10.3 Å². The lowest BCUT2D eigenvalue weighted by atomic mass is 10.1. The lowest BCUT2D eigenvalue weighted by Crippen LogP contribution is -2.15. The van der Waals surface area contributed by atoms with Crippen LogP contribution in [0.2, 0.25) is 0 Å². The normalized spacial score (nSPS) is 9.95. The van der Waals surface area contributed by atoms with Gasteiger partial charge in [-0.15, -0.1) is 35.3 Å². The van der Waals surface area contributed by atoms with Crippen molar-refractivity contribution < 1.29 is 4.79 Å². The van der Waals surface area contributed by atoms with Crippen LogP contribution in [0.4, 0.5) is 5.69 Å². The Kier molecular flexibility index (Phi) is 6.46. The first kappa shape index (κ1) is 17.0. The third-order valence-corrected chi connectivity index (χ3v) is 3.89. The minimum atomic E-state index is -0.0517. The highest BCUT2D eigenvalue weighted by Gasteiger charge is 2.09. The van der Waals surface area contributed by atoms with Crippen LogP contribution in [0.1, 0.15) is 21.8 Å². The molecule has 0 aliphatic carbocycles. The zero-order valence-corrected chi connectivity index (χ0v) is 13.7. The van der Waals surface area contributed by atoms with Crippen LogP contribution < -0.4 is 5.32 Å². The predicted octanol–water partition coefficient (Wildman–Crippen LogP) is 4.10. The maximum Gasteiger partial charge on any atom is 0.231 e. The number of carbonyl (C=O) groups is 1. The van der Waals surface area contributed by atoms with Gasteiger partial charge in [-0.3, -0.25) is 4.79 Å². The van der Waals surface area contributed by atoms with E-state index in [0.29, 0.717) is 5.88 Å². The summed E-state index contributed by atoms with van der Waals surface area (Å²) in [5, 5.41) is 5.59. The van der Waals surface area contributed by atoms with Gasteiger partial charge in [0.1, 0.15) is 5.01 Å². The third-order valence-electron chi connectivity index (χ3n) is 2.72. The topological polar surface area (TPSA) is 42.0 Å². The molecule has 0 spiro atoms. The average Bonchev–Trinajstić information content (AvgIpc) is 2.81. The van der Waals surface area contributed by atoms with Crippen LogP contribution in [-0.4, -0.2) is 10.9 Å². The van der Waals surface area contributed by atoms with Crippen LogP contribution in [0, 0.1) is 13.8 Å². The molecule has 0 radical (unpaired) electrons. The van der Waals surface area contributed by atoms with E-state index in [1.165, 1.54) is 11.3 Å². The molecular weight excluding hydrogens is 315 g/mol. The molecule has 0 bridgehead atoms. The zero-order chi connectivity index (χ0) is 13.8. The minimum Gasteiger partial charge on any atom is -0.325 e. The Hall–Kier alpha value is -1.10. The lowest BCUT2D eigenvalue weighted by molar-refractivity contribution is -0.115. The van der Waals surface area contributed by atoms with Crippen molar-refractivity contribution in [1.82, 2.24) is 4.98 Å². The van der Waals surface area contributed by atoms with Gasteiger partial charge in [0, 0.05) is 11.1 Å². The number of thiazole rings is 1. The van der Waals surface area contributed by atoms with E-state index in [-0.39, 0.29) is 24.7 Å². The molecule has 1 aromatic heterocycles. The monoisotopic (exact) mass is 330 g/mol. The predicted molar refractivity (Wildman–Crippen MR) is 87.2 cm³/mol. The number of hydrogen-bond donors (Lipinski definition) is 1. The molecule has 1 aromatic carbocycles. The van der Waals surface area contributed by atoms with Gasteiger partial charge in [-0.25, -0.2) is 4.98 Å². The second kappa shape index (κ2) is 7.62. The number of anilines is 1. The molecule has 0 aliphatic heterocycles. The summed E-state index contributed by atoms with van der Waals surface area (Å²) in [5.41, 5.74) is 3.86. The first-order valence-electron chi connectivity index (χ1n) is 5.95. The van der Waals surface area contributed by atoms with E-state index in [1.54, 1.807) is 0 Å². The lowest BCUT2D eigenvalue weighted by Gasteiger charge is -2.08. The molecule has 0 unspecified atom stereocenters. The molecule has 1 heterocycles. The van der Waals surface area contributed by atoms with E-state index >= 15 is 0 Å². The average molecular weight is 331 g/mol. The molecule has 0 aliphatic rings. The zero-order valence-electron chi connectivity index (χ0n) is 11.3. The number of aryl methyl sites for hydroxylation is 2. The maximum absolute atomic E-state index is 12.0.